The molecular weight excluding hydrogens is 180 g/mol. The maximum Gasteiger partial charge on any atom is 0.239 e. The number of hydrogen-bond donors (Lipinski definition) is 3. The molecule has 1 aromatic rings. The van der Waals surface area contributed by atoms with Gasteiger partial charge in [0.25, 0.3) is 0 Å². The molecule has 0 unspecified atom stereocenters. The molecule has 0 aliphatic carbocycles. The zero-order chi connectivity index (χ0) is 10.4. The summed E-state index contributed by atoms with van der Waals surface area (Å²) in [6, 6.07) is 3.47. The van der Waals surface area contributed by atoms with Crippen molar-refractivity contribution in [1.29, 1.82) is 0 Å². The second kappa shape index (κ2) is 5.06. The average molecular weight is 194 g/mol. The van der Waals surface area contributed by atoms with Crippen molar-refractivity contribution in [3.8, 4) is 0 Å². The van der Waals surface area contributed by atoms with Crippen LogP contribution in [0.2, 0.25) is 0 Å². The normalized spacial score (nSPS) is 9.50. The van der Waals surface area contributed by atoms with Gasteiger partial charge in [-0.25, -0.2) is 4.98 Å². The summed E-state index contributed by atoms with van der Waals surface area (Å²) < 4.78 is 0. The molecule has 1 aromatic heterocycles. The summed E-state index contributed by atoms with van der Waals surface area (Å²) in [6.07, 6.45) is 1.62. The Morgan fingerprint density at radius 3 is 3.07 bits per heavy atom. The van der Waals surface area contributed by atoms with E-state index >= 15 is 0 Å². The van der Waals surface area contributed by atoms with Gasteiger partial charge in [-0.3, -0.25) is 4.79 Å². The smallest absolute Gasteiger partial charge is 0.239 e. The highest BCUT2D eigenvalue weighted by molar-refractivity contribution is 5.81. The van der Waals surface area contributed by atoms with Crippen molar-refractivity contribution in [1.82, 2.24) is 10.3 Å². The molecule has 5 nitrogen and oxygen atoms in total. The fourth-order valence-electron chi connectivity index (χ4n) is 0.989. The first-order valence-corrected chi connectivity index (χ1v) is 4.45. The first kappa shape index (κ1) is 10.3. The summed E-state index contributed by atoms with van der Waals surface area (Å²) in [7, 11) is 0. The molecule has 0 aliphatic rings. The van der Waals surface area contributed by atoms with Crippen LogP contribution in [0.5, 0.6) is 0 Å². The Hall–Kier alpha value is -1.78. The summed E-state index contributed by atoms with van der Waals surface area (Å²) in [6.45, 7) is 2.68. The number of amides is 1. The molecule has 0 aromatic carbocycles. The minimum absolute atomic E-state index is 0.0717. The number of hydrogen-bond acceptors (Lipinski definition) is 4. The van der Waals surface area contributed by atoms with Gasteiger partial charge in [0.2, 0.25) is 5.91 Å². The predicted molar refractivity (Wildman–Crippen MR) is 55.8 cm³/mol. The monoisotopic (exact) mass is 194 g/mol. The summed E-state index contributed by atoms with van der Waals surface area (Å²) in [5.41, 5.74) is 6.16. The van der Waals surface area contributed by atoms with Crippen LogP contribution in [0.15, 0.2) is 18.3 Å². The molecular formula is C9H14N4O. The molecule has 76 valence electrons. The van der Waals surface area contributed by atoms with E-state index in [1.165, 1.54) is 0 Å². The quantitative estimate of drug-likeness (QED) is 0.640. The topological polar surface area (TPSA) is 80.0 Å². The van der Waals surface area contributed by atoms with Crippen LogP contribution in [-0.2, 0) is 4.79 Å². The number of aromatic nitrogens is 1. The number of carbonyl (C=O) groups excluding carboxylic acids is 1. The molecule has 14 heavy (non-hydrogen) atoms. The Balaban J connectivity index is 2.46. The summed E-state index contributed by atoms with van der Waals surface area (Å²) >= 11 is 0. The molecule has 5 heteroatoms. The first-order chi connectivity index (χ1) is 6.74. The number of nitrogens with zero attached hydrogens (tertiary/aromatic N) is 1. The lowest BCUT2D eigenvalue weighted by molar-refractivity contribution is -0.119. The Kier molecular flexibility index (Phi) is 3.72. The third-order valence-corrected chi connectivity index (χ3v) is 1.63. The van der Waals surface area contributed by atoms with Gasteiger partial charge in [0.15, 0.2) is 0 Å². The molecule has 1 rings (SSSR count). The Morgan fingerprint density at radius 1 is 1.64 bits per heavy atom. The number of rotatable bonds is 4. The van der Waals surface area contributed by atoms with Gasteiger partial charge in [-0.1, -0.05) is 0 Å². The molecule has 4 N–H and O–H groups in total. The second-order valence-electron chi connectivity index (χ2n) is 2.75. The lowest BCUT2D eigenvalue weighted by atomic mass is 10.4. The van der Waals surface area contributed by atoms with Gasteiger partial charge in [0.05, 0.1) is 12.2 Å². The van der Waals surface area contributed by atoms with Crippen LogP contribution in [0, 0.1) is 0 Å². The fourth-order valence-corrected chi connectivity index (χ4v) is 0.989. The van der Waals surface area contributed by atoms with E-state index in [9.17, 15) is 4.79 Å². The van der Waals surface area contributed by atoms with E-state index in [4.69, 9.17) is 5.73 Å². The van der Waals surface area contributed by atoms with E-state index in [2.05, 4.69) is 15.6 Å². The molecule has 0 saturated carbocycles. The zero-order valence-corrected chi connectivity index (χ0v) is 8.08. The van der Waals surface area contributed by atoms with Crippen molar-refractivity contribution < 1.29 is 4.79 Å². The van der Waals surface area contributed by atoms with Crippen molar-refractivity contribution in [2.24, 2.45) is 0 Å². The van der Waals surface area contributed by atoms with Crippen LogP contribution in [-0.4, -0.2) is 24.0 Å². The Morgan fingerprint density at radius 2 is 2.43 bits per heavy atom. The van der Waals surface area contributed by atoms with Crippen LogP contribution >= 0.6 is 0 Å². The second-order valence-corrected chi connectivity index (χ2v) is 2.75. The van der Waals surface area contributed by atoms with Gasteiger partial charge in [-0.05, 0) is 19.1 Å². The number of pyridine rings is 1. The van der Waals surface area contributed by atoms with Crippen molar-refractivity contribution in [3.05, 3.63) is 18.3 Å². The zero-order valence-electron chi connectivity index (χ0n) is 8.08. The van der Waals surface area contributed by atoms with Gasteiger partial charge < -0.3 is 16.4 Å². The van der Waals surface area contributed by atoms with Crippen LogP contribution in [0.1, 0.15) is 6.92 Å². The maximum absolute atomic E-state index is 11.1. The molecule has 0 aliphatic heterocycles. The lowest BCUT2D eigenvalue weighted by Crippen LogP contribution is -2.29. The van der Waals surface area contributed by atoms with Gasteiger partial charge in [-0.15, -0.1) is 0 Å². The van der Waals surface area contributed by atoms with E-state index in [1.807, 2.05) is 6.92 Å². The Labute approximate surface area is 82.7 Å². The van der Waals surface area contributed by atoms with Gasteiger partial charge >= 0.3 is 0 Å². The van der Waals surface area contributed by atoms with Crippen LogP contribution in [0.4, 0.5) is 11.5 Å². The molecule has 0 radical (unpaired) electrons. The third-order valence-electron chi connectivity index (χ3n) is 1.63. The van der Waals surface area contributed by atoms with Gasteiger partial charge in [0.1, 0.15) is 5.82 Å². The molecule has 0 bridgehead atoms. The van der Waals surface area contributed by atoms with Gasteiger partial charge in [0, 0.05) is 12.7 Å². The van der Waals surface area contributed by atoms with Crippen molar-refractivity contribution in [3.63, 3.8) is 0 Å². The summed E-state index contributed by atoms with van der Waals surface area (Å²) in [5.74, 6) is 0.469. The van der Waals surface area contributed by atoms with Crippen molar-refractivity contribution in [2.75, 3.05) is 24.1 Å². The summed E-state index contributed by atoms with van der Waals surface area (Å²) in [4.78, 5) is 15.1. The number of nitrogens with two attached hydrogens (primary N) is 1. The number of carbonyl (C=O) groups is 1. The van der Waals surface area contributed by atoms with Crippen LogP contribution < -0.4 is 16.4 Å². The van der Waals surface area contributed by atoms with Crippen LogP contribution in [0.3, 0.4) is 0 Å². The highest BCUT2D eigenvalue weighted by Gasteiger charge is 2.01. The molecule has 1 heterocycles. The maximum atomic E-state index is 11.1. The fraction of sp³-hybridized carbons (Fsp3) is 0.333. The molecule has 0 atom stereocenters. The van der Waals surface area contributed by atoms with Gasteiger partial charge in [-0.2, -0.15) is 0 Å². The standard InChI is InChI=1S/C9H14N4O/c1-2-11-8(14)6-13-9-7(10)4-3-5-12-9/h3-5H,2,6,10H2,1H3,(H,11,14)(H,12,13). The number of anilines is 2. The Bertz CT molecular complexity index is 313. The van der Waals surface area contributed by atoms with E-state index in [1.54, 1.807) is 18.3 Å². The lowest BCUT2D eigenvalue weighted by Gasteiger charge is -2.07. The number of nitrogen functional groups attached to an aromatic ring is 1. The molecule has 0 saturated heterocycles. The first-order valence-electron chi connectivity index (χ1n) is 4.45. The number of likely N-dealkylation sites (N-methyl/N-ethyl adjacent to an activating group) is 1. The summed E-state index contributed by atoms with van der Waals surface area (Å²) in [5, 5.41) is 5.51. The molecule has 0 fully saturated rings. The van der Waals surface area contributed by atoms with Crippen molar-refractivity contribution in [2.45, 2.75) is 6.92 Å². The van der Waals surface area contributed by atoms with E-state index in [-0.39, 0.29) is 12.5 Å². The minimum atomic E-state index is -0.0717. The van der Waals surface area contributed by atoms with Crippen LogP contribution in [0.25, 0.3) is 0 Å². The molecule has 1 amide bonds. The largest absolute Gasteiger partial charge is 0.396 e. The highest BCUT2D eigenvalue weighted by atomic mass is 16.1. The minimum Gasteiger partial charge on any atom is -0.396 e. The number of nitrogens with one attached hydrogen (secondary N) is 2. The van der Waals surface area contributed by atoms with Crippen molar-refractivity contribution >= 4 is 17.4 Å². The SMILES string of the molecule is CCNC(=O)CNc1ncccc1N. The third kappa shape index (κ3) is 2.93. The van der Waals surface area contributed by atoms with E-state index < -0.39 is 0 Å². The highest BCUT2D eigenvalue weighted by Crippen LogP contribution is 2.11. The molecule has 0 spiro atoms. The van der Waals surface area contributed by atoms with E-state index in [0.29, 0.717) is 18.1 Å². The average Bonchev–Trinajstić information content (AvgIpc) is 2.17. The van der Waals surface area contributed by atoms with E-state index in [0.717, 1.165) is 0 Å². The predicted octanol–water partition coefficient (Wildman–Crippen LogP) is 0.212.